The molecular formula is C9H11ClF3NO. The van der Waals surface area contributed by atoms with E-state index in [0.29, 0.717) is 11.4 Å². The van der Waals surface area contributed by atoms with Crippen molar-refractivity contribution in [3.63, 3.8) is 0 Å². The van der Waals surface area contributed by atoms with Gasteiger partial charge < -0.3 is 10.1 Å². The molecule has 0 saturated heterocycles. The van der Waals surface area contributed by atoms with Crippen LogP contribution in [0.1, 0.15) is 5.56 Å². The van der Waals surface area contributed by atoms with Gasteiger partial charge >= 0.3 is 6.18 Å². The molecule has 15 heavy (non-hydrogen) atoms. The predicted molar refractivity (Wildman–Crippen MR) is 54.8 cm³/mol. The Kier molecular flexibility index (Phi) is 4.74. The number of hydrogen-bond acceptors (Lipinski definition) is 2. The number of anilines is 1. The van der Waals surface area contributed by atoms with Gasteiger partial charge in [0.1, 0.15) is 5.75 Å². The highest BCUT2D eigenvalue weighted by Gasteiger charge is 2.30. The lowest BCUT2D eigenvalue weighted by Crippen LogP contribution is -2.06. The molecule has 0 aliphatic carbocycles. The zero-order valence-electron chi connectivity index (χ0n) is 8.18. The lowest BCUT2D eigenvalue weighted by atomic mass is 10.2. The second kappa shape index (κ2) is 5.11. The van der Waals surface area contributed by atoms with E-state index in [9.17, 15) is 13.2 Å². The van der Waals surface area contributed by atoms with Crippen LogP contribution < -0.4 is 10.1 Å². The number of nitrogens with one attached hydrogen (secondary N) is 1. The molecule has 0 atom stereocenters. The van der Waals surface area contributed by atoms with Gasteiger partial charge in [0, 0.05) is 7.05 Å². The van der Waals surface area contributed by atoms with Gasteiger partial charge in [0.05, 0.1) is 18.4 Å². The third-order valence-corrected chi connectivity index (χ3v) is 1.80. The molecule has 0 radical (unpaired) electrons. The van der Waals surface area contributed by atoms with Crippen molar-refractivity contribution in [3.05, 3.63) is 23.8 Å². The molecule has 0 aliphatic heterocycles. The van der Waals surface area contributed by atoms with Crippen LogP contribution in [0.25, 0.3) is 0 Å². The molecule has 0 fully saturated rings. The molecule has 0 aromatic heterocycles. The van der Waals surface area contributed by atoms with Crippen molar-refractivity contribution < 1.29 is 17.9 Å². The Morgan fingerprint density at radius 3 is 2.27 bits per heavy atom. The normalized spacial score (nSPS) is 10.5. The van der Waals surface area contributed by atoms with Gasteiger partial charge in [-0.05, 0) is 18.2 Å². The summed E-state index contributed by atoms with van der Waals surface area (Å²) in [7, 11) is 2.95. The zero-order chi connectivity index (χ0) is 10.8. The smallest absolute Gasteiger partial charge is 0.416 e. The molecule has 1 rings (SSSR count). The Bertz CT molecular complexity index is 328. The molecule has 1 N–H and O–H groups in total. The minimum absolute atomic E-state index is 0. The van der Waals surface area contributed by atoms with E-state index in [1.54, 1.807) is 0 Å². The van der Waals surface area contributed by atoms with E-state index in [2.05, 4.69) is 5.32 Å². The number of alkyl halides is 3. The van der Waals surface area contributed by atoms with Crippen LogP contribution in [-0.2, 0) is 6.18 Å². The van der Waals surface area contributed by atoms with Crippen molar-refractivity contribution in [2.24, 2.45) is 0 Å². The summed E-state index contributed by atoms with van der Waals surface area (Å²) in [6.07, 6.45) is -4.32. The summed E-state index contributed by atoms with van der Waals surface area (Å²) in [5.74, 6) is 0.389. The molecule has 0 amide bonds. The fraction of sp³-hybridized carbons (Fsp3) is 0.333. The van der Waals surface area contributed by atoms with E-state index in [0.717, 1.165) is 12.1 Å². The molecule has 6 heteroatoms. The van der Waals surface area contributed by atoms with E-state index < -0.39 is 11.7 Å². The van der Waals surface area contributed by atoms with Gasteiger partial charge in [0.2, 0.25) is 0 Å². The summed E-state index contributed by atoms with van der Waals surface area (Å²) in [5.41, 5.74) is -0.370. The van der Waals surface area contributed by atoms with Crippen LogP contribution in [0.15, 0.2) is 18.2 Å². The number of halogens is 4. The second-order valence-corrected chi connectivity index (χ2v) is 2.66. The maximum atomic E-state index is 12.3. The number of benzene rings is 1. The van der Waals surface area contributed by atoms with Gasteiger partial charge in [-0.2, -0.15) is 13.2 Å². The maximum absolute atomic E-state index is 12.3. The van der Waals surface area contributed by atoms with Crippen LogP contribution in [0.4, 0.5) is 18.9 Å². The van der Waals surface area contributed by atoms with Crippen LogP contribution in [-0.4, -0.2) is 14.2 Å². The van der Waals surface area contributed by atoms with Gasteiger partial charge in [-0.15, -0.1) is 12.4 Å². The summed E-state index contributed by atoms with van der Waals surface area (Å²) < 4.78 is 41.7. The first-order chi connectivity index (χ1) is 6.49. The van der Waals surface area contributed by atoms with Gasteiger partial charge in [0.25, 0.3) is 0 Å². The maximum Gasteiger partial charge on any atom is 0.416 e. The summed E-state index contributed by atoms with van der Waals surface area (Å²) >= 11 is 0. The summed E-state index contributed by atoms with van der Waals surface area (Å²) in [6.45, 7) is 0. The molecule has 0 bridgehead atoms. The van der Waals surface area contributed by atoms with Gasteiger partial charge in [-0.25, -0.2) is 0 Å². The monoisotopic (exact) mass is 241 g/mol. The van der Waals surface area contributed by atoms with Crippen LogP contribution >= 0.6 is 12.4 Å². The molecule has 2 nitrogen and oxygen atoms in total. The van der Waals surface area contributed by atoms with Crippen molar-refractivity contribution in [3.8, 4) is 5.75 Å². The van der Waals surface area contributed by atoms with Crippen molar-refractivity contribution in [2.75, 3.05) is 19.5 Å². The van der Waals surface area contributed by atoms with Crippen molar-refractivity contribution >= 4 is 18.1 Å². The van der Waals surface area contributed by atoms with Gasteiger partial charge in [-0.1, -0.05) is 0 Å². The average molecular weight is 242 g/mol. The third-order valence-electron chi connectivity index (χ3n) is 1.80. The second-order valence-electron chi connectivity index (χ2n) is 2.66. The Morgan fingerprint density at radius 1 is 1.27 bits per heavy atom. The van der Waals surface area contributed by atoms with Crippen LogP contribution in [0.5, 0.6) is 5.75 Å². The van der Waals surface area contributed by atoms with E-state index in [1.807, 2.05) is 0 Å². The van der Waals surface area contributed by atoms with Gasteiger partial charge in [-0.3, -0.25) is 0 Å². The molecule has 0 spiro atoms. The van der Waals surface area contributed by atoms with Crippen molar-refractivity contribution in [1.29, 1.82) is 0 Å². The SMILES string of the molecule is CNc1cc(C(F)(F)F)ccc1OC.Cl. The lowest BCUT2D eigenvalue weighted by molar-refractivity contribution is -0.137. The fourth-order valence-corrected chi connectivity index (χ4v) is 1.08. The number of rotatable bonds is 2. The average Bonchev–Trinajstić information content (AvgIpc) is 2.15. The zero-order valence-corrected chi connectivity index (χ0v) is 9.00. The summed E-state index contributed by atoms with van der Waals surface area (Å²) in [5, 5.41) is 2.63. The van der Waals surface area contributed by atoms with Crippen LogP contribution in [0.3, 0.4) is 0 Å². The molecule has 1 aromatic carbocycles. The fourth-order valence-electron chi connectivity index (χ4n) is 1.08. The van der Waals surface area contributed by atoms with E-state index in [4.69, 9.17) is 4.74 Å². The highest BCUT2D eigenvalue weighted by atomic mass is 35.5. The lowest BCUT2D eigenvalue weighted by Gasteiger charge is -2.11. The minimum Gasteiger partial charge on any atom is -0.495 e. The largest absolute Gasteiger partial charge is 0.495 e. The highest BCUT2D eigenvalue weighted by molar-refractivity contribution is 5.85. The number of ether oxygens (including phenoxy) is 1. The summed E-state index contributed by atoms with van der Waals surface area (Å²) in [4.78, 5) is 0. The first-order valence-electron chi connectivity index (χ1n) is 3.92. The molecule has 0 heterocycles. The van der Waals surface area contributed by atoms with Crippen LogP contribution in [0.2, 0.25) is 0 Å². The Hall–Kier alpha value is -1.10. The third kappa shape index (κ3) is 3.20. The standard InChI is InChI=1S/C9H10F3NO.ClH/c1-13-7-5-6(9(10,11)12)3-4-8(7)14-2;/h3-5,13H,1-2H3;1H. The van der Waals surface area contributed by atoms with E-state index in [-0.39, 0.29) is 12.4 Å². The number of methoxy groups -OCH3 is 1. The quantitative estimate of drug-likeness (QED) is 0.859. The topological polar surface area (TPSA) is 21.3 Å². The molecule has 86 valence electrons. The van der Waals surface area contributed by atoms with E-state index >= 15 is 0 Å². The highest BCUT2D eigenvalue weighted by Crippen LogP contribution is 2.34. The van der Waals surface area contributed by atoms with Gasteiger partial charge in [0.15, 0.2) is 0 Å². The Labute approximate surface area is 91.8 Å². The van der Waals surface area contributed by atoms with Crippen LogP contribution in [0, 0.1) is 0 Å². The van der Waals surface area contributed by atoms with E-state index in [1.165, 1.54) is 20.2 Å². The number of hydrogen-bond donors (Lipinski definition) is 1. The molecule has 1 aromatic rings. The summed E-state index contributed by atoms with van der Waals surface area (Å²) in [6, 6.07) is 3.28. The van der Waals surface area contributed by atoms with Crippen molar-refractivity contribution in [1.82, 2.24) is 0 Å². The molecular weight excluding hydrogens is 231 g/mol. The first kappa shape index (κ1) is 13.9. The Morgan fingerprint density at radius 2 is 1.87 bits per heavy atom. The Balaban J connectivity index is 0.00000196. The molecule has 0 saturated carbocycles. The predicted octanol–water partition coefficient (Wildman–Crippen LogP) is 3.18. The molecule has 0 aliphatic rings. The van der Waals surface area contributed by atoms with Crippen molar-refractivity contribution in [2.45, 2.75) is 6.18 Å². The minimum atomic E-state index is -4.32. The molecule has 0 unspecified atom stereocenters. The first-order valence-corrected chi connectivity index (χ1v) is 3.92.